The molecule has 0 heterocycles. The van der Waals surface area contributed by atoms with Crippen molar-refractivity contribution in [1.82, 2.24) is 0 Å². The van der Waals surface area contributed by atoms with E-state index in [1.807, 2.05) is 6.92 Å². The van der Waals surface area contributed by atoms with E-state index >= 15 is 0 Å². The van der Waals surface area contributed by atoms with Crippen molar-refractivity contribution in [3.63, 3.8) is 0 Å². The summed E-state index contributed by atoms with van der Waals surface area (Å²) in [5, 5.41) is 0. The summed E-state index contributed by atoms with van der Waals surface area (Å²) in [6, 6.07) is 0. The van der Waals surface area contributed by atoms with Crippen molar-refractivity contribution in [1.29, 1.82) is 0 Å². The molecule has 0 aromatic carbocycles. The molecule has 15 heavy (non-hydrogen) atoms. The highest BCUT2D eigenvalue weighted by atomic mass is 28.2. The van der Waals surface area contributed by atoms with Crippen LogP contribution in [0, 0.1) is 0 Å². The van der Waals surface area contributed by atoms with E-state index in [1.165, 1.54) is 0 Å². The zero-order valence-electron chi connectivity index (χ0n) is 10.4. The molecule has 0 rings (SSSR count). The molecule has 0 aliphatic heterocycles. The number of hydrogen-bond acceptors (Lipinski definition) is 3. The van der Waals surface area contributed by atoms with Crippen LogP contribution in [0.2, 0.25) is 0 Å². The van der Waals surface area contributed by atoms with Crippen LogP contribution < -0.4 is 0 Å². The van der Waals surface area contributed by atoms with Crippen molar-refractivity contribution in [2.24, 2.45) is 0 Å². The Kier molecular flexibility index (Phi) is 14.1. The van der Waals surface area contributed by atoms with Crippen molar-refractivity contribution in [2.45, 2.75) is 45.6 Å². The predicted molar refractivity (Wildman–Crippen MR) is 64.9 cm³/mol. The lowest BCUT2D eigenvalue weighted by atomic mass is 10.5. The number of hydrogen-bond donors (Lipinski definition) is 0. The summed E-state index contributed by atoms with van der Waals surface area (Å²) in [5.41, 5.74) is 0.471. The van der Waals surface area contributed by atoms with Crippen LogP contribution in [0.3, 0.4) is 0 Å². The zero-order chi connectivity index (χ0) is 10.8. The molecule has 2 atom stereocenters. The normalized spacial score (nSPS) is 15.2. The second-order valence-corrected chi connectivity index (χ2v) is 5.26. The first kappa shape index (κ1) is 17.5. The van der Waals surface area contributed by atoms with Crippen LogP contribution in [0.4, 0.5) is 0 Å². The Morgan fingerprint density at radius 1 is 1.20 bits per heavy atom. The van der Waals surface area contributed by atoms with Crippen LogP contribution in [0.5, 0.6) is 0 Å². The van der Waals surface area contributed by atoms with Crippen molar-refractivity contribution in [2.75, 3.05) is 19.9 Å². The number of ether oxygens (including phenoxy) is 3. The molecular formula is C10H26O4Si. The molecular weight excluding hydrogens is 212 g/mol. The van der Waals surface area contributed by atoms with Gasteiger partial charge in [-0.15, -0.1) is 0 Å². The Hall–Kier alpha value is 0.0569. The van der Waals surface area contributed by atoms with E-state index in [-0.39, 0.29) is 21.3 Å². The van der Waals surface area contributed by atoms with Crippen molar-refractivity contribution in [3.8, 4) is 0 Å². The molecule has 2 unspecified atom stereocenters. The van der Waals surface area contributed by atoms with Crippen LogP contribution in [0.15, 0.2) is 0 Å². The largest absolute Gasteiger partial charge is 0.412 e. The minimum Gasteiger partial charge on any atom is -0.412 e. The van der Waals surface area contributed by atoms with Gasteiger partial charge in [-0.2, -0.15) is 0 Å². The topological polar surface area (TPSA) is 59.2 Å². The lowest BCUT2D eigenvalue weighted by Gasteiger charge is -2.16. The molecule has 0 bridgehead atoms. The molecule has 0 fully saturated rings. The van der Waals surface area contributed by atoms with E-state index in [0.717, 1.165) is 25.7 Å². The number of rotatable bonds is 9. The first-order chi connectivity index (χ1) is 6.74. The maximum Gasteiger partial charge on any atom is 0.153 e. The standard InChI is InChI=1S/C10H24O3Si.H2O/c1-5-7-12-10(6-2)14-8-13-9(3)11-4;/h9-10H,5-8,14H2,1-4H3;1H2. The molecule has 2 N–H and O–H groups in total. The van der Waals surface area contributed by atoms with Crippen molar-refractivity contribution in [3.05, 3.63) is 0 Å². The van der Waals surface area contributed by atoms with E-state index in [0.29, 0.717) is 5.73 Å². The molecule has 0 saturated carbocycles. The zero-order valence-corrected chi connectivity index (χ0v) is 11.8. The Bertz CT molecular complexity index is 124. The smallest absolute Gasteiger partial charge is 0.153 e. The van der Waals surface area contributed by atoms with Crippen LogP contribution in [-0.2, 0) is 14.2 Å². The van der Waals surface area contributed by atoms with E-state index in [2.05, 4.69) is 13.8 Å². The first-order valence-electron chi connectivity index (χ1n) is 5.50. The molecule has 94 valence electrons. The van der Waals surface area contributed by atoms with Gasteiger partial charge in [-0.1, -0.05) is 13.8 Å². The minimum absolute atomic E-state index is 0. The van der Waals surface area contributed by atoms with Gasteiger partial charge in [-0.25, -0.2) is 0 Å². The second-order valence-electron chi connectivity index (χ2n) is 3.36. The average Bonchev–Trinajstić information content (AvgIpc) is 2.22. The Balaban J connectivity index is 0. The average molecular weight is 238 g/mol. The van der Waals surface area contributed by atoms with Crippen molar-refractivity contribution >= 4 is 9.52 Å². The molecule has 0 saturated heterocycles. The monoisotopic (exact) mass is 238 g/mol. The molecule has 5 heteroatoms. The van der Waals surface area contributed by atoms with Gasteiger partial charge in [0.15, 0.2) is 6.29 Å². The summed E-state index contributed by atoms with van der Waals surface area (Å²) in [6.45, 7) is 7.11. The minimum atomic E-state index is -0.272. The van der Waals surface area contributed by atoms with E-state index < -0.39 is 0 Å². The molecule has 0 aliphatic carbocycles. The Morgan fingerprint density at radius 2 is 1.87 bits per heavy atom. The van der Waals surface area contributed by atoms with Gasteiger partial charge in [-0.3, -0.25) is 0 Å². The van der Waals surface area contributed by atoms with Crippen LogP contribution >= 0.6 is 0 Å². The quantitative estimate of drug-likeness (QED) is 0.433. The van der Waals surface area contributed by atoms with Gasteiger partial charge in [0.1, 0.15) is 0 Å². The highest BCUT2D eigenvalue weighted by Gasteiger charge is 2.07. The Labute approximate surface area is 95.4 Å². The van der Waals surface area contributed by atoms with Crippen LogP contribution in [0.25, 0.3) is 0 Å². The van der Waals surface area contributed by atoms with E-state index in [9.17, 15) is 0 Å². The van der Waals surface area contributed by atoms with E-state index in [1.54, 1.807) is 7.11 Å². The van der Waals surface area contributed by atoms with Crippen LogP contribution in [-0.4, -0.2) is 47.0 Å². The van der Waals surface area contributed by atoms with Gasteiger partial charge in [0, 0.05) is 25.7 Å². The van der Waals surface area contributed by atoms with Crippen molar-refractivity contribution < 1.29 is 19.7 Å². The Morgan fingerprint density at radius 3 is 2.33 bits per heavy atom. The molecule has 0 spiro atoms. The molecule has 4 nitrogen and oxygen atoms in total. The molecule has 0 radical (unpaired) electrons. The van der Waals surface area contributed by atoms with Crippen LogP contribution in [0.1, 0.15) is 33.6 Å². The maximum atomic E-state index is 5.70. The number of methoxy groups -OCH3 is 1. The molecule has 0 aromatic rings. The van der Waals surface area contributed by atoms with Gasteiger partial charge in [0.25, 0.3) is 0 Å². The van der Waals surface area contributed by atoms with Gasteiger partial charge in [-0.05, 0) is 19.8 Å². The predicted octanol–water partition coefficient (Wildman–Crippen LogP) is 0.460. The summed E-state index contributed by atoms with van der Waals surface area (Å²) in [7, 11) is 1.39. The lowest BCUT2D eigenvalue weighted by Crippen LogP contribution is -2.26. The highest BCUT2D eigenvalue weighted by Crippen LogP contribution is 1.98. The highest BCUT2D eigenvalue weighted by molar-refractivity contribution is 6.37. The summed E-state index contributed by atoms with van der Waals surface area (Å²) < 4.78 is 16.2. The first-order valence-corrected chi connectivity index (χ1v) is 7.32. The summed E-state index contributed by atoms with van der Waals surface area (Å²) >= 11 is 0. The molecule has 0 aromatic heterocycles. The van der Waals surface area contributed by atoms with Gasteiger partial charge in [0.2, 0.25) is 0 Å². The second kappa shape index (κ2) is 12.1. The fourth-order valence-electron chi connectivity index (χ4n) is 1.12. The maximum absolute atomic E-state index is 5.70. The third-order valence-corrected chi connectivity index (χ3v) is 4.07. The SMILES string of the molecule is CCCOC(CC)[SiH2]COC(C)OC.O. The van der Waals surface area contributed by atoms with Gasteiger partial charge < -0.3 is 19.7 Å². The third-order valence-electron chi connectivity index (χ3n) is 2.14. The fraction of sp³-hybridized carbons (Fsp3) is 1.00. The van der Waals surface area contributed by atoms with E-state index in [4.69, 9.17) is 14.2 Å². The molecule has 0 amide bonds. The fourth-order valence-corrected chi connectivity index (χ4v) is 2.60. The summed E-state index contributed by atoms with van der Waals surface area (Å²) in [4.78, 5) is 0. The molecule has 0 aliphatic rings. The van der Waals surface area contributed by atoms with Gasteiger partial charge >= 0.3 is 0 Å². The third kappa shape index (κ3) is 10.3. The van der Waals surface area contributed by atoms with Gasteiger partial charge in [0.05, 0.1) is 9.52 Å². The lowest BCUT2D eigenvalue weighted by molar-refractivity contribution is -0.0967. The summed E-state index contributed by atoms with van der Waals surface area (Å²) in [5.74, 6) is 0. The summed E-state index contributed by atoms with van der Waals surface area (Å²) in [6.07, 6.45) is 2.97.